The van der Waals surface area contributed by atoms with Crippen molar-refractivity contribution < 1.29 is 42.9 Å². The zero-order chi connectivity index (χ0) is 27.4. The van der Waals surface area contributed by atoms with E-state index >= 15 is 0 Å². The summed E-state index contributed by atoms with van der Waals surface area (Å²) in [6.45, 7) is 7.83. The molecule has 0 saturated heterocycles. The maximum Gasteiger partial charge on any atom is 0.340 e. The van der Waals surface area contributed by atoms with Crippen LogP contribution in [0, 0.1) is 0 Å². The summed E-state index contributed by atoms with van der Waals surface area (Å²) >= 11 is 0. The van der Waals surface area contributed by atoms with Crippen LogP contribution in [-0.2, 0) is 24.7 Å². The van der Waals surface area contributed by atoms with Crippen molar-refractivity contribution in [2.75, 3.05) is 0 Å². The second-order valence-corrected chi connectivity index (χ2v) is 9.94. The first-order chi connectivity index (χ1) is 17.9. The van der Waals surface area contributed by atoms with E-state index < -0.39 is 35.1 Å². The van der Waals surface area contributed by atoms with E-state index in [9.17, 15) is 19.2 Å². The minimum Gasteiger partial charge on any atom is -0.456 e. The molecular weight excluding hydrogens is 492 g/mol. The number of hydrogen-bond acceptors (Lipinski definition) is 9. The highest BCUT2D eigenvalue weighted by atomic mass is 16.6. The third-order valence-corrected chi connectivity index (χ3v) is 5.91. The highest BCUT2D eigenvalue weighted by molar-refractivity contribution is 5.99. The van der Waals surface area contributed by atoms with Gasteiger partial charge < -0.3 is 23.7 Å². The topological polar surface area (TPSA) is 114 Å². The van der Waals surface area contributed by atoms with E-state index in [0.29, 0.717) is 16.7 Å². The van der Waals surface area contributed by atoms with Crippen LogP contribution in [0.25, 0.3) is 0 Å². The minimum absolute atomic E-state index is 0.220. The van der Waals surface area contributed by atoms with Gasteiger partial charge in [0.25, 0.3) is 0 Å². The van der Waals surface area contributed by atoms with E-state index in [0.717, 1.165) is 0 Å². The predicted molar refractivity (Wildman–Crippen MR) is 132 cm³/mol. The van der Waals surface area contributed by atoms with Gasteiger partial charge in [0.1, 0.15) is 28.6 Å². The number of ether oxygens (including phenoxy) is 5. The fourth-order valence-corrected chi connectivity index (χ4v) is 4.61. The van der Waals surface area contributed by atoms with Gasteiger partial charge >= 0.3 is 23.9 Å². The third-order valence-electron chi connectivity index (χ3n) is 5.91. The summed E-state index contributed by atoms with van der Waals surface area (Å²) in [5.74, 6) is -1.25. The zero-order valence-corrected chi connectivity index (χ0v) is 21.4. The van der Waals surface area contributed by atoms with Crippen molar-refractivity contribution >= 4 is 23.9 Å². The fraction of sp³-hybridized carbons (Fsp3) is 0.241. The van der Waals surface area contributed by atoms with Gasteiger partial charge in [-0.25, -0.2) is 9.59 Å². The molecule has 0 saturated carbocycles. The second kappa shape index (κ2) is 8.72. The Morgan fingerprint density at radius 1 is 0.763 bits per heavy atom. The monoisotopic (exact) mass is 516 g/mol. The van der Waals surface area contributed by atoms with Crippen LogP contribution in [0.2, 0.25) is 0 Å². The lowest BCUT2D eigenvalue weighted by atomic mass is 9.77. The molecule has 2 aliphatic heterocycles. The van der Waals surface area contributed by atoms with Crippen LogP contribution in [0.1, 0.15) is 72.0 Å². The summed E-state index contributed by atoms with van der Waals surface area (Å²) in [5.41, 5.74) is -0.403. The van der Waals surface area contributed by atoms with Gasteiger partial charge in [-0.15, -0.1) is 0 Å². The summed E-state index contributed by atoms with van der Waals surface area (Å²) < 4.78 is 28.2. The summed E-state index contributed by atoms with van der Waals surface area (Å²) in [6, 6.07) is 14.0. The van der Waals surface area contributed by atoms with E-state index in [-0.39, 0.29) is 34.1 Å². The van der Waals surface area contributed by atoms with Crippen molar-refractivity contribution in [1.29, 1.82) is 0 Å². The number of carbonyl (C=O) groups is 4. The first-order valence-electron chi connectivity index (χ1n) is 11.8. The molecule has 3 aromatic carbocycles. The first-order valence-corrected chi connectivity index (χ1v) is 11.8. The maximum atomic E-state index is 13.2. The van der Waals surface area contributed by atoms with Gasteiger partial charge in [-0.2, -0.15) is 0 Å². The average molecular weight is 517 g/mol. The Labute approximate surface area is 218 Å². The standard InChI is InChI=1S/C29H24O9/c1-15(30)34-18-7-10-21-24(13-18)36-25-14-19(35-16(2)31)8-11-22(25)29(21)23-12-17(26(32)37-28(3,4)5)6-9-20(23)27(33)38-29/h6-14H,1-5H3. The van der Waals surface area contributed by atoms with Crippen LogP contribution in [0.3, 0.4) is 0 Å². The highest BCUT2D eigenvalue weighted by Crippen LogP contribution is 2.57. The smallest absolute Gasteiger partial charge is 0.340 e. The molecule has 0 aliphatic carbocycles. The molecule has 1 spiro atoms. The van der Waals surface area contributed by atoms with Gasteiger partial charge in [0.15, 0.2) is 5.60 Å². The van der Waals surface area contributed by atoms with Crippen molar-refractivity contribution in [3.8, 4) is 23.0 Å². The Bertz CT molecular complexity index is 1460. The third kappa shape index (κ3) is 4.26. The average Bonchev–Trinajstić information content (AvgIpc) is 3.09. The highest BCUT2D eigenvalue weighted by Gasteiger charge is 2.54. The Kier molecular flexibility index (Phi) is 5.74. The lowest BCUT2D eigenvalue weighted by Gasteiger charge is -2.36. The Morgan fingerprint density at radius 2 is 1.32 bits per heavy atom. The fourth-order valence-electron chi connectivity index (χ4n) is 4.61. The first kappa shape index (κ1) is 25.0. The largest absolute Gasteiger partial charge is 0.456 e. The van der Waals surface area contributed by atoms with Crippen molar-refractivity contribution in [2.45, 2.75) is 45.8 Å². The molecule has 0 bridgehead atoms. The van der Waals surface area contributed by atoms with Gasteiger partial charge in [0, 0.05) is 42.7 Å². The van der Waals surface area contributed by atoms with Gasteiger partial charge in [-0.1, -0.05) is 0 Å². The number of carbonyl (C=O) groups excluding carboxylic acids is 4. The van der Waals surface area contributed by atoms with Crippen LogP contribution in [-0.4, -0.2) is 29.5 Å². The molecule has 2 heterocycles. The number of hydrogen-bond donors (Lipinski definition) is 0. The normalized spacial score (nSPS) is 14.4. The van der Waals surface area contributed by atoms with Gasteiger partial charge in [-0.05, 0) is 63.2 Å². The molecule has 0 N–H and O–H groups in total. The summed E-state index contributed by atoms with van der Waals surface area (Å²) in [4.78, 5) is 49.2. The van der Waals surface area contributed by atoms with Crippen LogP contribution in [0.4, 0.5) is 0 Å². The maximum absolute atomic E-state index is 13.2. The van der Waals surface area contributed by atoms with E-state index in [1.54, 1.807) is 51.1 Å². The van der Waals surface area contributed by atoms with Crippen LogP contribution in [0.5, 0.6) is 23.0 Å². The van der Waals surface area contributed by atoms with Gasteiger partial charge in [0.05, 0.1) is 11.1 Å². The SMILES string of the molecule is CC(=O)Oc1ccc2c(c1)Oc1cc(OC(C)=O)ccc1C21OC(=O)c2ccc(C(=O)OC(C)(C)C)cc21. The van der Waals surface area contributed by atoms with E-state index in [4.69, 9.17) is 23.7 Å². The van der Waals surface area contributed by atoms with Crippen molar-refractivity contribution in [3.05, 3.63) is 82.4 Å². The lowest BCUT2D eigenvalue weighted by molar-refractivity contribution is -0.132. The van der Waals surface area contributed by atoms with Crippen molar-refractivity contribution in [3.63, 3.8) is 0 Å². The van der Waals surface area contributed by atoms with Gasteiger partial charge in [-0.3, -0.25) is 9.59 Å². The molecule has 3 aromatic rings. The number of rotatable bonds is 3. The Morgan fingerprint density at radius 3 is 1.82 bits per heavy atom. The zero-order valence-electron chi connectivity index (χ0n) is 21.4. The lowest BCUT2D eigenvalue weighted by Crippen LogP contribution is -2.33. The molecule has 0 radical (unpaired) electrons. The number of fused-ring (bicyclic) bond motifs is 6. The van der Waals surface area contributed by atoms with Crippen molar-refractivity contribution in [2.24, 2.45) is 0 Å². The van der Waals surface area contributed by atoms with Crippen LogP contribution >= 0.6 is 0 Å². The van der Waals surface area contributed by atoms with Crippen LogP contribution < -0.4 is 14.2 Å². The molecule has 9 heteroatoms. The Hall–Kier alpha value is -4.66. The molecule has 0 amide bonds. The van der Waals surface area contributed by atoms with E-state index in [1.807, 2.05) is 0 Å². The van der Waals surface area contributed by atoms with Gasteiger partial charge in [0.2, 0.25) is 0 Å². The summed E-state index contributed by atoms with van der Waals surface area (Å²) in [5, 5.41) is 0. The molecule has 0 fully saturated rings. The molecule has 9 nitrogen and oxygen atoms in total. The number of benzene rings is 3. The minimum atomic E-state index is -1.50. The predicted octanol–water partition coefficient (Wildman–Crippen LogP) is 5.06. The molecule has 2 aliphatic rings. The molecule has 0 atom stereocenters. The molecule has 5 rings (SSSR count). The molecule has 38 heavy (non-hydrogen) atoms. The Balaban J connectivity index is 1.74. The molecule has 0 unspecified atom stereocenters. The number of esters is 4. The summed E-state index contributed by atoms with van der Waals surface area (Å²) in [6.07, 6.45) is 0. The summed E-state index contributed by atoms with van der Waals surface area (Å²) in [7, 11) is 0. The van der Waals surface area contributed by atoms with Crippen molar-refractivity contribution in [1.82, 2.24) is 0 Å². The quantitative estimate of drug-likeness (QED) is 0.348. The molecule has 194 valence electrons. The van der Waals surface area contributed by atoms with E-state index in [2.05, 4.69) is 0 Å². The van der Waals surface area contributed by atoms with Crippen LogP contribution in [0.15, 0.2) is 54.6 Å². The van der Waals surface area contributed by atoms with E-state index in [1.165, 1.54) is 38.1 Å². The molecule has 0 aromatic heterocycles. The molecular formula is C29H24O9. The second-order valence-electron chi connectivity index (χ2n) is 9.94.